The average Bonchev–Trinajstić information content (AvgIpc) is 2.81. The Bertz CT molecular complexity index is 745. The minimum atomic E-state index is -1.35. The van der Waals surface area contributed by atoms with Crippen LogP contribution in [0.1, 0.15) is 26.3 Å². The predicted molar refractivity (Wildman–Crippen MR) is 98.2 cm³/mol. The van der Waals surface area contributed by atoms with Crippen LogP contribution in [0.3, 0.4) is 0 Å². The number of amides is 1. The molecule has 0 radical (unpaired) electrons. The maximum atomic E-state index is 12.4. The van der Waals surface area contributed by atoms with Crippen molar-refractivity contribution in [3.05, 3.63) is 28.7 Å². The third-order valence-corrected chi connectivity index (χ3v) is 4.73. The van der Waals surface area contributed by atoms with E-state index in [-0.39, 0.29) is 10.4 Å². The van der Waals surface area contributed by atoms with Gasteiger partial charge in [0.2, 0.25) is 0 Å². The standard InChI is InChI=1S/C17H19NO5S2/c1-9(2)23-12-6-5-11(7-13(12)22-4)8-14-15(19)18(17(24)25-14)10(3)16(20)21/h5-10H,1-4H3,(H,20,21)/p-1/b14-8-/t10-/m1/s1. The van der Waals surface area contributed by atoms with Gasteiger partial charge >= 0.3 is 0 Å². The summed E-state index contributed by atoms with van der Waals surface area (Å²) in [5.74, 6) is -0.656. The van der Waals surface area contributed by atoms with E-state index in [1.165, 1.54) is 14.0 Å². The molecule has 1 aromatic carbocycles. The Morgan fingerprint density at radius 2 is 2.00 bits per heavy atom. The fraction of sp³-hybridized carbons (Fsp3) is 0.353. The van der Waals surface area contributed by atoms with Crippen molar-refractivity contribution in [2.24, 2.45) is 0 Å². The third kappa shape index (κ3) is 4.32. The topological polar surface area (TPSA) is 78.9 Å². The fourth-order valence-corrected chi connectivity index (χ4v) is 3.61. The Kier molecular flexibility index (Phi) is 6.07. The summed E-state index contributed by atoms with van der Waals surface area (Å²) < 4.78 is 11.2. The van der Waals surface area contributed by atoms with Gasteiger partial charge in [-0.15, -0.1) is 0 Å². The van der Waals surface area contributed by atoms with Crippen molar-refractivity contribution in [1.82, 2.24) is 4.90 Å². The number of carboxylic acids is 1. The molecule has 1 aliphatic rings. The molecule has 1 fully saturated rings. The number of methoxy groups -OCH3 is 1. The molecule has 1 heterocycles. The summed E-state index contributed by atoms with van der Waals surface area (Å²) in [4.78, 5) is 24.9. The quantitative estimate of drug-likeness (QED) is 0.550. The van der Waals surface area contributed by atoms with E-state index >= 15 is 0 Å². The van der Waals surface area contributed by atoms with E-state index in [1.54, 1.807) is 24.3 Å². The van der Waals surface area contributed by atoms with Gasteiger partial charge in [-0.25, -0.2) is 0 Å². The second-order valence-electron chi connectivity index (χ2n) is 5.62. The zero-order chi connectivity index (χ0) is 18.7. The van der Waals surface area contributed by atoms with E-state index in [0.29, 0.717) is 16.4 Å². The number of carbonyl (C=O) groups excluding carboxylic acids is 2. The maximum Gasteiger partial charge on any atom is 0.266 e. The highest BCUT2D eigenvalue weighted by Gasteiger charge is 2.35. The summed E-state index contributed by atoms with van der Waals surface area (Å²) in [5, 5.41) is 11.0. The van der Waals surface area contributed by atoms with Gasteiger partial charge in [-0.2, -0.15) is 0 Å². The van der Waals surface area contributed by atoms with Crippen molar-refractivity contribution in [2.75, 3.05) is 7.11 Å². The molecule has 134 valence electrons. The zero-order valence-corrected chi connectivity index (χ0v) is 15.9. The number of benzene rings is 1. The van der Waals surface area contributed by atoms with Crippen LogP contribution in [-0.2, 0) is 9.59 Å². The number of thiocarbonyl (C=S) groups is 1. The molecule has 0 N–H and O–H groups in total. The summed E-state index contributed by atoms with van der Waals surface area (Å²) in [6.07, 6.45) is 1.64. The molecule has 1 amide bonds. The first-order chi connectivity index (χ1) is 11.7. The predicted octanol–water partition coefficient (Wildman–Crippen LogP) is 1.82. The van der Waals surface area contributed by atoms with E-state index in [2.05, 4.69) is 0 Å². The summed E-state index contributed by atoms with van der Waals surface area (Å²) in [7, 11) is 1.54. The smallest absolute Gasteiger partial charge is 0.266 e. The third-order valence-electron chi connectivity index (χ3n) is 3.40. The van der Waals surface area contributed by atoms with Crippen molar-refractivity contribution in [3.8, 4) is 11.5 Å². The molecule has 0 aliphatic carbocycles. The van der Waals surface area contributed by atoms with Gasteiger partial charge in [-0.05, 0) is 44.5 Å². The molecule has 0 saturated carbocycles. The number of carboxylic acid groups (broad SMARTS) is 1. The van der Waals surface area contributed by atoms with Gasteiger partial charge in [0.1, 0.15) is 4.32 Å². The average molecular weight is 380 g/mol. The Morgan fingerprint density at radius 1 is 1.32 bits per heavy atom. The van der Waals surface area contributed by atoms with Crippen LogP contribution in [0.2, 0.25) is 0 Å². The van der Waals surface area contributed by atoms with E-state index in [9.17, 15) is 14.7 Å². The van der Waals surface area contributed by atoms with Crippen molar-refractivity contribution in [3.63, 3.8) is 0 Å². The highest BCUT2D eigenvalue weighted by atomic mass is 32.2. The van der Waals surface area contributed by atoms with Gasteiger partial charge in [0, 0.05) is 0 Å². The number of ether oxygens (including phenoxy) is 2. The lowest BCUT2D eigenvalue weighted by molar-refractivity contribution is -0.309. The lowest BCUT2D eigenvalue weighted by atomic mass is 10.1. The molecule has 1 atom stereocenters. The van der Waals surface area contributed by atoms with E-state index in [4.69, 9.17) is 21.7 Å². The Hall–Kier alpha value is -2.06. The Labute approximate surface area is 155 Å². The second kappa shape index (κ2) is 7.88. The van der Waals surface area contributed by atoms with Gasteiger partial charge < -0.3 is 19.4 Å². The number of aliphatic carboxylic acids is 1. The van der Waals surface area contributed by atoms with Gasteiger partial charge in [0.25, 0.3) is 5.91 Å². The van der Waals surface area contributed by atoms with Crippen LogP contribution in [0, 0.1) is 0 Å². The molecule has 0 unspecified atom stereocenters. The molecule has 1 saturated heterocycles. The molecule has 0 aromatic heterocycles. The van der Waals surface area contributed by atoms with Crippen molar-refractivity contribution in [2.45, 2.75) is 32.9 Å². The van der Waals surface area contributed by atoms with Gasteiger partial charge in [0.05, 0.1) is 30.1 Å². The highest BCUT2D eigenvalue weighted by molar-refractivity contribution is 8.26. The minimum Gasteiger partial charge on any atom is -0.548 e. The lowest BCUT2D eigenvalue weighted by Crippen LogP contribution is -2.48. The van der Waals surface area contributed by atoms with Crippen molar-refractivity contribution in [1.29, 1.82) is 0 Å². The first kappa shape index (κ1) is 19.3. The maximum absolute atomic E-state index is 12.4. The summed E-state index contributed by atoms with van der Waals surface area (Å²) in [5.41, 5.74) is 0.717. The number of hydrogen-bond donors (Lipinski definition) is 0. The first-order valence-corrected chi connectivity index (χ1v) is 8.79. The lowest BCUT2D eigenvalue weighted by Gasteiger charge is -2.23. The first-order valence-electron chi connectivity index (χ1n) is 7.57. The molecular weight excluding hydrogens is 362 g/mol. The van der Waals surface area contributed by atoms with Crippen LogP contribution < -0.4 is 14.6 Å². The minimum absolute atomic E-state index is 0.00196. The van der Waals surface area contributed by atoms with E-state index < -0.39 is 17.9 Å². The molecule has 0 spiro atoms. The van der Waals surface area contributed by atoms with E-state index in [0.717, 1.165) is 22.2 Å². The molecule has 2 rings (SSSR count). The van der Waals surface area contributed by atoms with Crippen LogP contribution in [0.5, 0.6) is 11.5 Å². The van der Waals surface area contributed by atoms with Crippen molar-refractivity contribution < 1.29 is 24.2 Å². The SMILES string of the molecule is COc1cc(/C=C2\SC(=S)N([C@H](C)C(=O)[O-])C2=O)ccc1OC(C)C. The summed E-state index contributed by atoms with van der Waals surface area (Å²) in [6, 6.07) is 4.17. The molecule has 1 aliphatic heterocycles. The van der Waals surface area contributed by atoms with Crippen LogP contribution in [0.25, 0.3) is 6.08 Å². The van der Waals surface area contributed by atoms with Crippen LogP contribution in [0.15, 0.2) is 23.1 Å². The van der Waals surface area contributed by atoms with Gasteiger partial charge in [-0.3, -0.25) is 9.69 Å². The van der Waals surface area contributed by atoms with Crippen LogP contribution in [-0.4, -0.2) is 40.4 Å². The normalized spacial score (nSPS) is 17.3. The monoisotopic (exact) mass is 380 g/mol. The number of hydrogen-bond acceptors (Lipinski definition) is 7. The zero-order valence-electron chi connectivity index (χ0n) is 14.3. The molecule has 0 bridgehead atoms. The molecule has 1 aromatic rings. The Morgan fingerprint density at radius 3 is 2.56 bits per heavy atom. The second-order valence-corrected chi connectivity index (χ2v) is 7.30. The van der Waals surface area contributed by atoms with Crippen molar-refractivity contribution >= 4 is 46.3 Å². The van der Waals surface area contributed by atoms with Gasteiger partial charge in [-0.1, -0.05) is 30.0 Å². The summed E-state index contributed by atoms with van der Waals surface area (Å²) >= 11 is 6.17. The largest absolute Gasteiger partial charge is 0.548 e. The fourth-order valence-electron chi connectivity index (χ4n) is 2.20. The van der Waals surface area contributed by atoms with Gasteiger partial charge in [0.15, 0.2) is 11.5 Å². The number of rotatable bonds is 6. The van der Waals surface area contributed by atoms with Crippen LogP contribution >= 0.6 is 24.0 Å². The molecule has 8 heteroatoms. The number of thioether (sulfide) groups is 1. The van der Waals surface area contributed by atoms with E-state index in [1.807, 2.05) is 13.8 Å². The molecule has 25 heavy (non-hydrogen) atoms. The molecular formula is C17H18NO5S2-. The number of nitrogens with zero attached hydrogens (tertiary/aromatic N) is 1. The summed E-state index contributed by atoms with van der Waals surface area (Å²) in [6.45, 7) is 5.19. The Balaban J connectivity index is 2.30. The highest BCUT2D eigenvalue weighted by Crippen LogP contribution is 2.35. The van der Waals surface area contributed by atoms with Crippen LogP contribution in [0.4, 0.5) is 0 Å². The number of carbonyl (C=O) groups is 2. The molecule has 6 nitrogen and oxygen atoms in total.